The molecule has 2 aliphatic heterocycles. The maximum Gasteiger partial charge on any atom is 0.225 e. The molecule has 1 aliphatic carbocycles. The van der Waals surface area contributed by atoms with Gasteiger partial charge in [-0.15, -0.1) is 0 Å². The molecule has 3 aliphatic rings. The van der Waals surface area contributed by atoms with E-state index in [1.54, 1.807) is 0 Å². The monoisotopic (exact) mass is 318 g/mol. The van der Waals surface area contributed by atoms with Crippen molar-refractivity contribution in [3.63, 3.8) is 0 Å². The molecule has 0 spiro atoms. The van der Waals surface area contributed by atoms with E-state index >= 15 is 0 Å². The highest BCUT2D eigenvalue weighted by Crippen LogP contribution is 2.38. The Labute approximate surface area is 137 Å². The molecule has 1 aromatic rings. The molecule has 1 aromatic heterocycles. The molecule has 0 aromatic carbocycles. The molecule has 1 saturated carbocycles. The number of nitrogens with zero attached hydrogens (tertiary/aromatic N) is 3. The van der Waals surface area contributed by atoms with Crippen molar-refractivity contribution in [2.24, 2.45) is 11.8 Å². The molecule has 0 radical (unpaired) electrons. The van der Waals surface area contributed by atoms with E-state index in [0.717, 1.165) is 70.1 Å². The maximum absolute atomic E-state index is 12.5. The number of ether oxygens (including phenoxy) is 1. The Bertz CT molecular complexity index is 541. The predicted octanol–water partition coefficient (Wildman–Crippen LogP) is 1.89. The molecule has 23 heavy (non-hydrogen) atoms. The first kappa shape index (κ1) is 15.1. The molecule has 2 saturated heterocycles. The van der Waals surface area contributed by atoms with E-state index in [0.29, 0.717) is 17.7 Å². The summed E-state index contributed by atoms with van der Waals surface area (Å²) < 4.78 is 5.36. The number of hydrogen-bond acceptors (Lipinski definition) is 4. The summed E-state index contributed by atoms with van der Waals surface area (Å²) in [5, 5.41) is 7.44. The average molecular weight is 318 g/mol. The van der Waals surface area contributed by atoms with Gasteiger partial charge in [0.2, 0.25) is 5.91 Å². The average Bonchev–Trinajstić information content (AvgIpc) is 3.36. The van der Waals surface area contributed by atoms with Gasteiger partial charge in [-0.05, 0) is 44.4 Å². The number of carbonyl (C=O) groups excluding carboxylic acids is 1. The van der Waals surface area contributed by atoms with E-state index < -0.39 is 0 Å². The minimum atomic E-state index is 0.190. The Morgan fingerprint density at radius 2 is 1.87 bits per heavy atom. The number of aromatic amines is 1. The minimum absolute atomic E-state index is 0.190. The van der Waals surface area contributed by atoms with Crippen LogP contribution in [0.1, 0.15) is 56.1 Å². The second kappa shape index (κ2) is 6.59. The summed E-state index contributed by atoms with van der Waals surface area (Å²) in [6, 6.07) is 0. The van der Waals surface area contributed by atoms with E-state index in [1.807, 2.05) is 0 Å². The quantitative estimate of drug-likeness (QED) is 0.920. The molecule has 4 rings (SSSR count). The number of amides is 1. The standard InChI is InChI=1S/C17H26N4O2/c22-17(14-5-9-23-10-6-14)21-7-3-12(4-8-21)11-15-18-16(20-19-15)13-1-2-13/h12-14H,1-11H2,(H,18,19,20). The number of carbonyl (C=O) groups is 1. The van der Waals surface area contributed by atoms with E-state index in [9.17, 15) is 4.79 Å². The minimum Gasteiger partial charge on any atom is -0.381 e. The third-order valence-electron chi connectivity index (χ3n) is 5.47. The second-order valence-electron chi connectivity index (χ2n) is 7.27. The van der Waals surface area contributed by atoms with Crippen molar-refractivity contribution in [1.82, 2.24) is 20.1 Å². The van der Waals surface area contributed by atoms with Crippen molar-refractivity contribution in [1.29, 1.82) is 0 Å². The first-order valence-corrected chi connectivity index (χ1v) is 9.07. The van der Waals surface area contributed by atoms with Crippen molar-refractivity contribution in [3.05, 3.63) is 11.6 Å². The summed E-state index contributed by atoms with van der Waals surface area (Å²) in [5.41, 5.74) is 0. The van der Waals surface area contributed by atoms with Gasteiger partial charge >= 0.3 is 0 Å². The largest absolute Gasteiger partial charge is 0.381 e. The normalized spacial score (nSPS) is 24.1. The molecule has 0 atom stereocenters. The van der Waals surface area contributed by atoms with Crippen LogP contribution in [0.15, 0.2) is 0 Å². The van der Waals surface area contributed by atoms with Crippen molar-refractivity contribution < 1.29 is 9.53 Å². The summed E-state index contributed by atoms with van der Waals surface area (Å²) >= 11 is 0. The third kappa shape index (κ3) is 3.57. The van der Waals surface area contributed by atoms with Crippen LogP contribution in [0.4, 0.5) is 0 Å². The van der Waals surface area contributed by atoms with Gasteiger partial charge in [0.05, 0.1) is 0 Å². The highest BCUT2D eigenvalue weighted by molar-refractivity contribution is 5.79. The Morgan fingerprint density at radius 3 is 2.57 bits per heavy atom. The van der Waals surface area contributed by atoms with E-state index in [2.05, 4.69) is 20.1 Å². The van der Waals surface area contributed by atoms with Crippen molar-refractivity contribution in [3.8, 4) is 0 Å². The maximum atomic E-state index is 12.5. The molecule has 6 heteroatoms. The fourth-order valence-corrected chi connectivity index (χ4v) is 3.76. The fraction of sp³-hybridized carbons (Fsp3) is 0.824. The first-order valence-electron chi connectivity index (χ1n) is 9.07. The van der Waals surface area contributed by atoms with Gasteiger partial charge < -0.3 is 9.64 Å². The molecule has 1 amide bonds. The molecular weight excluding hydrogens is 292 g/mol. The number of aromatic nitrogens is 3. The van der Waals surface area contributed by atoms with Gasteiger partial charge in [0.15, 0.2) is 5.82 Å². The van der Waals surface area contributed by atoms with Crippen molar-refractivity contribution in [2.45, 2.75) is 50.9 Å². The van der Waals surface area contributed by atoms with Crippen LogP contribution in [-0.2, 0) is 16.0 Å². The zero-order chi connectivity index (χ0) is 15.6. The lowest BCUT2D eigenvalue weighted by Gasteiger charge is -2.35. The number of hydrogen-bond donors (Lipinski definition) is 1. The van der Waals surface area contributed by atoms with Gasteiger partial charge in [-0.1, -0.05) is 0 Å². The summed E-state index contributed by atoms with van der Waals surface area (Å²) in [5.74, 6) is 3.80. The van der Waals surface area contributed by atoms with Gasteiger partial charge in [0.25, 0.3) is 0 Å². The number of nitrogens with one attached hydrogen (secondary N) is 1. The molecule has 3 heterocycles. The zero-order valence-corrected chi connectivity index (χ0v) is 13.7. The second-order valence-corrected chi connectivity index (χ2v) is 7.27. The smallest absolute Gasteiger partial charge is 0.225 e. The van der Waals surface area contributed by atoms with Crippen LogP contribution < -0.4 is 0 Å². The predicted molar refractivity (Wildman–Crippen MR) is 84.9 cm³/mol. The van der Waals surface area contributed by atoms with E-state index in [-0.39, 0.29) is 5.92 Å². The third-order valence-corrected chi connectivity index (χ3v) is 5.47. The summed E-state index contributed by atoms with van der Waals surface area (Å²) in [4.78, 5) is 19.2. The topological polar surface area (TPSA) is 71.1 Å². The van der Waals surface area contributed by atoms with Crippen LogP contribution in [0.3, 0.4) is 0 Å². The molecular formula is C17H26N4O2. The zero-order valence-electron chi connectivity index (χ0n) is 13.7. The summed E-state index contributed by atoms with van der Waals surface area (Å²) in [6.07, 6.45) is 7.39. The Morgan fingerprint density at radius 1 is 1.13 bits per heavy atom. The van der Waals surface area contributed by atoms with Gasteiger partial charge in [-0.25, -0.2) is 4.98 Å². The molecule has 6 nitrogen and oxygen atoms in total. The lowest BCUT2D eigenvalue weighted by molar-refractivity contribution is -0.139. The van der Waals surface area contributed by atoms with Gasteiger partial charge in [0, 0.05) is 44.6 Å². The van der Waals surface area contributed by atoms with Crippen LogP contribution in [0.2, 0.25) is 0 Å². The number of H-pyrrole nitrogens is 1. The summed E-state index contributed by atoms with van der Waals surface area (Å²) in [7, 11) is 0. The SMILES string of the molecule is O=C(C1CCOCC1)N1CCC(Cc2nc(C3CC3)n[nH]2)CC1. The highest BCUT2D eigenvalue weighted by Gasteiger charge is 2.31. The van der Waals surface area contributed by atoms with Crippen LogP contribution >= 0.6 is 0 Å². The number of piperidine rings is 1. The van der Waals surface area contributed by atoms with E-state index in [4.69, 9.17) is 4.74 Å². The molecule has 0 bridgehead atoms. The lowest BCUT2D eigenvalue weighted by Crippen LogP contribution is -2.43. The number of rotatable bonds is 4. The first-order chi connectivity index (χ1) is 11.3. The molecule has 1 N–H and O–H groups in total. The molecule has 126 valence electrons. The van der Waals surface area contributed by atoms with Crippen molar-refractivity contribution in [2.75, 3.05) is 26.3 Å². The van der Waals surface area contributed by atoms with Crippen molar-refractivity contribution >= 4 is 5.91 Å². The molecule has 0 unspecified atom stereocenters. The Hall–Kier alpha value is -1.43. The van der Waals surface area contributed by atoms with Gasteiger partial charge in [0.1, 0.15) is 5.82 Å². The highest BCUT2D eigenvalue weighted by atomic mass is 16.5. The van der Waals surface area contributed by atoms with Crippen LogP contribution in [0.25, 0.3) is 0 Å². The summed E-state index contributed by atoms with van der Waals surface area (Å²) in [6.45, 7) is 3.26. The molecule has 3 fully saturated rings. The van der Waals surface area contributed by atoms with Crippen LogP contribution in [-0.4, -0.2) is 52.3 Å². The fourth-order valence-electron chi connectivity index (χ4n) is 3.76. The van der Waals surface area contributed by atoms with Crippen LogP contribution in [0, 0.1) is 11.8 Å². The van der Waals surface area contributed by atoms with Gasteiger partial charge in [-0.3, -0.25) is 9.89 Å². The lowest BCUT2D eigenvalue weighted by atomic mass is 9.91. The Kier molecular flexibility index (Phi) is 4.33. The van der Waals surface area contributed by atoms with Crippen LogP contribution in [0.5, 0.6) is 0 Å². The van der Waals surface area contributed by atoms with E-state index in [1.165, 1.54) is 12.8 Å². The number of likely N-dealkylation sites (tertiary alicyclic amines) is 1. The van der Waals surface area contributed by atoms with Gasteiger partial charge in [-0.2, -0.15) is 5.10 Å². The Balaban J connectivity index is 1.25.